The van der Waals surface area contributed by atoms with Crippen LogP contribution < -0.4 is 10.6 Å². The topological polar surface area (TPSA) is 62.7 Å². The molecule has 0 bridgehead atoms. The number of pyridine rings is 1. The van der Waals surface area contributed by atoms with Gasteiger partial charge in [-0.15, -0.1) is 0 Å². The van der Waals surface area contributed by atoms with Crippen molar-refractivity contribution in [2.45, 2.75) is 38.3 Å². The van der Waals surface area contributed by atoms with Crippen LogP contribution in [0.2, 0.25) is 0 Å². The van der Waals surface area contributed by atoms with Gasteiger partial charge < -0.3 is 10.6 Å². The van der Waals surface area contributed by atoms with Gasteiger partial charge in [0.05, 0.1) is 11.7 Å². The van der Waals surface area contributed by atoms with Crippen LogP contribution in [-0.4, -0.2) is 21.5 Å². The predicted octanol–water partition coefficient (Wildman–Crippen LogP) is 3.67. The van der Waals surface area contributed by atoms with Crippen molar-refractivity contribution in [1.29, 1.82) is 0 Å². The Morgan fingerprint density at radius 3 is 2.85 bits per heavy atom. The predicted molar refractivity (Wildman–Crippen MR) is 106 cm³/mol. The zero-order valence-electron chi connectivity index (χ0n) is 15.3. The second kappa shape index (κ2) is 7.08. The molecule has 2 aromatic heterocycles. The van der Waals surface area contributed by atoms with E-state index in [0.29, 0.717) is 11.9 Å². The molecule has 0 fully saturated rings. The summed E-state index contributed by atoms with van der Waals surface area (Å²) in [7, 11) is 0. The third-order valence-corrected chi connectivity index (χ3v) is 5.51. The molecule has 3 aromatic rings. The van der Waals surface area contributed by atoms with E-state index in [1.807, 2.05) is 18.2 Å². The maximum atomic E-state index is 4.91. The summed E-state index contributed by atoms with van der Waals surface area (Å²) in [5.74, 6) is 1.67. The Balaban J connectivity index is 1.56. The molecule has 2 aliphatic rings. The molecule has 2 N–H and O–H groups in total. The van der Waals surface area contributed by atoms with E-state index in [2.05, 4.69) is 39.9 Å². The molecule has 27 heavy (non-hydrogen) atoms. The van der Waals surface area contributed by atoms with Crippen molar-refractivity contribution in [2.75, 3.05) is 11.9 Å². The molecule has 1 aromatic carbocycles. The molecule has 1 aliphatic heterocycles. The van der Waals surface area contributed by atoms with Gasteiger partial charge in [-0.2, -0.15) is 0 Å². The number of fused-ring (bicyclic) bond motifs is 2. The summed E-state index contributed by atoms with van der Waals surface area (Å²) >= 11 is 0. The van der Waals surface area contributed by atoms with Crippen molar-refractivity contribution in [3.63, 3.8) is 0 Å². The molecule has 0 radical (unpaired) electrons. The maximum Gasteiger partial charge on any atom is 0.180 e. The largest absolute Gasteiger partial charge is 0.363 e. The summed E-state index contributed by atoms with van der Waals surface area (Å²) in [5.41, 5.74) is 6.01. The minimum absolute atomic E-state index is 0.306. The Bertz CT molecular complexity index is 954. The van der Waals surface area contributed by atoms with Gasteiger partial charge in [0.15, 0.2) is 5.82 Å². The third-order valence-electron chi connectivity index (χ3n) is 5.51. The zero-order valence-corrected chi connectivity index (χ0v) is 15.3. The fourth-order valence-corrected chi connectivity index (χ4v) is 4.16. The van der Waals surface area contributed by atoms with Crippen LogP contribution in [0, 0.1) is 0 Å². The Morgan fingerprint density at radius 1 is 1.00 bits per heavy atom. The highest BCUT2D eigenvalue weighted by Crippen LogP contribution is 2.34. The van der Waals surface area contributed by atoms with Crippen molar-refractivity contribution >= 4 is 5.82 Å². The van der Waals surface area contributed by atoms with Gasteiger partial charge in [0, 0.05) is 18.3 Å². The van der Waals surface area contributed by atoms with Gasteiger partial charge in [0.2, 0.25) is 0 Å². The third kappa shape index (κ3) is 3.19. The van der Waals surface area contributed by atoms with Gasteiger partial charge in [-0.05, 0) is 55.5 Å². The Labute approximate surface area is 159 Å². The van der Waals surface area contributed by atoms with Crippen LogP contribution in [0.15, 0.2) is 48.7 Å². The monoisotopic (exact) mass is 357 g/mol. The van der Waals surface area contributed by atoms with Crippen LogP contribution >= 0.6 is 0 Å². The fourth-order valence-electron chi connectivity index (χ4n) is 4.16. The standard InChI is InChI=1S/C22H23N5/c1-2-8-16-15(6-1)7-5-10-18(16)25-21-17-11-13-23-14-20(17)26-22(27-21)19-9-3-4-12-24-19/h1-4,6,8-9,12,18,23H,5,7,10-11,13-14H2,(H,25,26,27). The molecule has 5 rings (SSSR count). The summed E-state index contributed by atoms with van der Waals surface area (Å²) in [5, 5.41) is 7.20. The van der Waals surface area contributed by atoms with E-state index < -0.39 is 0 Å². The summed E-state index contributed by atoms with van der Waals surface area (Å²) < 4.78 is 0. The summed E-state index contributed by atoms with van der Waals surface area (Å²) in [4.78, 5) is 14.2. The molecule has 1 unspecified atom stereocenters. The van der Waals surface area contributed by atoms with Gasteiger partial charge in [-0.3, -0.25) is 4.98 Å². The first-order valence-corrected chi connectivity index (χ1v) is 9.75. The van der Waals surface area contributed by atoms with Gasteiger partial charge in [0.25, 0.3) is 0 Å². The number of nitrogens with zero attached hydrogens (tertiary/aromatic N) is 3. The highest BCUT2D eigenvalue weighted by Gasteiger charge is 2.24. The van der Waals surface area contributed by atoms with E-state index in [1.165, 1.54) is 29.5 Å². The molecule has 136 valence electrons. The molecule has 0 saturated heterocycles. The quantitative estimate of drug-likeness (QED) is 0.749. The lowest BCUT2D eigenvalue weighted by Gasteiger charge is -2.29. The lowest BCUT2D eigenvalue weighted by atomic mass is 9.87. The first-order chi connectivity index (χ1) is 13.4. The molecule has 5 heteroatoms. The normalized spacial score (nSPS) is 18.4. The molecule has 1 atom stereocenters. The summed E-state index contributed by atoms with van der Waals surface area (Å²) in [6.45, 7) is 1.75. The first-order valence-electron chi connectivity index (χ1n) is 9.75. The van der Waals surface area contributed by atoms with E-state index in [0.717, 1.165) is 43.1 Å². The number of hydrogen-bond donors (Lipinski definition) is 2. The molecule has 0 saturated carbocycles. The number of hydrogen-bond acceptors (Lipinski definition) is 5. The molecule has 1 aliphatic carbocycles. The highest BCUT2D eigenvalue weighted by atomic mass is 15.1. The Kier molecular flexibility index (Phi) is 4.30. The van der Waals surface area contributed by atoms with Crippen molar-refractivity contribution in [3.8, 4) is 11.5 Å². The van der Waals surface area contributed by atoms with Gasteiger partial charge >= 0.3 is 0 Å². The number of anilines is 1. The van der Waals surface area contributed by atoms with E-state index in [4.69, 9.17) is 9.97 Å². The fraction of sp³-hybridized carbons (Fsp3) is 0.318. The van der Waals surface area contributed by atoms with Crippen LogP contribution in [0.3, 0.4) is 0 Å². The highest BCUT2D eigenvalue weighted by molar-refractivity contribution is 5.58. The lowest BCUT2D eigenvalue weighted by Crippen LogP contribution is -2.27. The Morgan fingerprint density at radius 2 is 1.93 bits per heavy atom. The summed E-state index contributed by atoms with van der Waals surface area (Å²) in [6.07, 6.45) is 6.25. The maximum absolute atomic E-state index is 4.91. The molecular weight excluding hydrogens is 334 g/mol. The minimum atomic E-state index is 0.306. The molecule has 5 nitrogen and oxygen atoms in total. The van der Waals surface area contributed by atoms with Crippen LogP contribution in [-0.2, 0) is 19.4 Å². The van der Waals surface area contributed by atoms with Crippen molar-refractivity contribution in [1.82, 2.24) is 20.3 Å². The Hall–Kier alpha value is -2.79. The van der Waals surface area contributed by atoms with Crippen LogP contribution in [0.1, 0.15) is 41.3 Å². The van der Waals surface area contributed by atoms with E-state index in [-0.39, 0.29) is 0 Å². The second-order valence-electron chi connectivity index (χ2n) is 7.25. The molecule has 3 heterocycles. The van der Waals surface area contributed by atoms with Gasteiger partial charge in [-0.1, -0.05) is 30.3 Å². The van der Waals surface area contributed by atoms with E-state index in [9.17, 15) is 0 Å². The zero-order chi connectivity index (χ0) is 18.1. The number of aromatic nitrogens is 3. The first kappa shape index (κ1) is 16.4. The molecular formula is C22H23N5. The smallest absolute Gasteiger partial charge is 0.180 e. The number of rotatable bonds is 3. The van der Waals surface area contributed by atoms with Crippen molar-refractivity contribution in [2.24, 2.45) is 0 Å². The van der Waals surface area contributed by atoms with Crippen molar-refractivity contribution < 1.29 is 0 Å². The summed E-state index contributed by atoms with van der Waals surface area (Å²) in [6, 6.07) is 15.0. The van der Waals surface area contributed by atoms with Crippen LogP contribution in [0.4, 0.5) is 5.82 Å². The molecule has 0 amide bonds. The SMILES string of the molecule is c1ccc(-c2nc3c(c(NC4CCCc5ccccc54)n2)CCNC3)nc1. The van der Waals surface area contributed by atoms with Crippen molar-refractivity contribution in [3.05, 3.63) is 71.0 Å². The number of aryl methyl sites for hydroxylation is 1. The van der Waals surface area contributed by atoms with E-state index in [1.54, 1.807) is 6.20 Å². The molecule has 0 spiro atoms. The average molecular weight is 357 g/mol. The van der Waals surface area contributed by atoms with Gasteiger partial charge in [-0.25, -0.2) is 9.97 Å². The second-order valence-corrected chi connectivity index (χ2v) is 7.25. The minimum Gasteiger partial charge on any atom is -0.363 e. The van der Waals surface area contributed by atoms with E-state index >= 15 is 0 Å². The van der Waals surface area contributed by atoms with Crippen LogP contribution in [0.5, 0.6) is 0 Å². The van der Waals surface area contributed by atoms with Gasteiger partial charge in [0.1, 0.15) is 11.5 Å². The lowest BCUT2D eigenvalue weighted by molar-refractivity contribution is 0.591. The number of nitrogens with one attached hydrogen (secondary N) is 2. The average Bonchev–Trinajstić information content (AvgIpc) is 2.74. The van der Waals surface area contributed by atoms with Crippen LogP contribution in [0.25, 0.3) is 11.5 Å². The number of benzene rings is 1.